The van der Waals surface area contributed by atoms with Crippen molar-refractivity contribution in [3.8, 4) is 0 Å². The van der Waals surface area contributed by atoms with Crippen LogP contribution in [-0.4, -0.2) is 16.2 Å². The SMILES string of the molecule is CCC(c1nc(Cc2cccc(Cl)c2F)no1)C(C)N. The van der Waals surface area contributed by atoms with E-state index in [0.29, 0.717) is 17.3 Å². The molecule has 2 rings (SSSR count). The molecule has 0 saturated heterocycles. The first-order chi connectivity index (χ1) is 9.52. The van der Waals surface area contributed by atoms with Crippen molar-refractivity contribution >= 4 is 11.6 Å². The van der Waals surface area contributed by atoms with E-state index in [-0.39, 0.29) is 23.4 Å². The molecule has 0 aliphatic rings. The fraction of sp³-hybridized carbons (Fsp3) is 0.429. The van der Waals surface area contributed by atoms with E-state index in [1.807, 2.05) is 13.8 Å². The van der Waals surface area contributed by atoms with Crippen LogP contribution in [0.15, 0.2) is 22.7 Å². The van der Waals surface area contributed by atoms with Crippen molar-refractivity contribution in [2.45, 2.75) is 38.6 Å². The van der Waals surface area contributed by atoms with E-state index in [1.54, 1.807) is 12.1 Å². The number of aromatic nitrogens is 2. The van der Waals surface area contributed by atoms with Crippen molar-refractivity contribution in [3.05, 3.63) is 46.3 Å². The van der Waals surface area contributed by atoms with Gasteiger partial charge >= 0.3 is 0 Å². The summed E-state index contributed by atoms with van der Waals surface area (Å²) in [6, 6.07) is 4.78. The zero-order chi connectivity index (χ0) is 14.7. The molecule has 20 heavy (non-hydrogen) atoms. The van der Waals surface area contributed by atoms with Gasteiger partial charge in [-0.15, -0.1) is 0 Å². The molecule has 0 saturated carbocycles. The molecule has 1 heterocycles. The predicted molar refractivity (Wildman–Crippen MR) is 75.2 cm³/mol. The summed E-state index contributed by atoms with van der Waals surface area (Å²) in [6.07, 6.45) is 1.05. The molecule has 0 radical (unpaired) electrons. The highest BCUT2D eigenvalue weighted by molar-refractivity contribution is 6.30. The van der Waals surface area contributed by atoms with E-state index in [1.165, 1.54) is 6.07 Å². The normalized spacial score (nSPS) is 14.2. The van der Waals surface area contributed by atoms with Crippen LogP contribution in [0.3, 0.4) is 0 Å². The molecular weight excluding hydrogens is 281 g/mol. The Bertz CT molecular complexity index is 586. The van der Waals surface area contributed by atoms with E-state index in [9.17, 15) is 4.39 Å². The summed E-state index contributed by atoms with van der Waals surface area (Å²) in [5.74, 6) is 0.500. The van der Waals surface area contributed by atoms with Crippen LogP contribution in [0.2, 0.25) is 5.02 Å². The van der Waals surface area contributed by atoms with Crippen LogP contribution in [0.1, 0.15) is 43.5 Å². The predicted octanol–water partition coefficient (Wildman–Crippen LogP) is 3.29. The Labute approximate surface area is 122 Å². The third-order valence-corrected chi connectivity index (χ3v) is 3.55. The van der Waals surface area contributed by atoms with Crippen molar-refractivity contribution in [2.75, 3.05) is 0 Å². The highest BCUT2D eigenvalue weighted by atomic mass is 35.5. The van der Waals surface area contributed by atoms with E-state index in [4.69, 9.17) is 21.9 Å². The Hall–Kier alpha value is -1.46. The highest BCUT2D eigenvalue weighted by Crippen LogP contribution is 2.23. The molecule has 0 amide bonds. The van der Waals surface area contributed by atoms with Crippen molar-refractivity contribution < 1.29 is 8.91 Å². The van der Waals surface area contributed by atoms with Crippen molar-refractivity contribution in [1.82, 2.24) is 10.1 Å². The minimum Gasteiger partial charge on any atom is -0.339 e. The van der Waals surface area contributed by atoms with Crippen LogP contribution < -0.4 is 5.73 Å². The maximum absolute atomic E-state index is 13.8. The fourth-order valence-corrected chi connectivity index (χ4v) is 2.31. The minimum atomic E-state index is -0.445. The monoisotopic (exact) mass is 297 g/mol. The maximum atomic E-state index is 13.8. The van der Waals surface area contributed by atoms with Crippen LogP contribution in [0.5, 0.6) is 0 Å². The molecule has 1 aromatic heterocycles. The van der Waals surface area contributed by atoms with Gasteiger partial charge in [-0.25, -0.2) is 4.39 Å². The zero-order valence-electron chi connectivity index (χ0n) is 11.4. The van der Waals surface area contributed by atoms with Gasteiger partial charge < -0.3 is 10.3 Å². The number of halogens is 2. The second kappa shape index (κ2) is 6.33. The average molecular weight is 298 g/mol. The molecular formula is C14H17ClFN3O. The summed E-state index contributed by atoms with van der Waals surface area (Å²) < 4.78 is 19.0. The second-order valence-electron chi connectivity index (χ2n) is 4.81. The molecule has 2 aromatic rings. The maximum Gasteiger partial charge on any atom is 0.231 e. The summed E-state index contributed by atoms with van der Waals surface area (Å²) in [4.78, 5) is 4.30. The second-order valence-corrected chi connectivity index (χ2v) is 5.22. The summed E-state index contributed by atoms with van der Waals surface area (Å²) in [6.45, 7) is 3.91. The molecule has 0 aliphatic carbocycles. The lowest BCUT2D eigenvalue weighted by atomic mass is 9.99. The Morgan fingerprint density at radius 2 is 2.20 bits per heavy atom. The summed E-state index contributed by atoms with van der Waals surface area (Å²) >= 11 is 5.74. The first kappa shape index (κ1) is 14.9. The number of benzene rings is 1. The lowest BCUT2D eigenvalue weighted by molar-refractivity contribution is 0.331. The number of hydrogen-bond acceptors (Lipinski definition) is 4. The average Bonchev–Trinajstić information content (AvgIpc) is 2.84. The van der Waals surface area contributed by atoms with E-state index in [2.05, 4.69) is 10.1 Å². The molecule has 2 atom stereocenters. The smallest absolute Gasteiger partial charge is 0.231 e. The first-order valence-corrected chi connectivity index (χ1v) is 6.91. The topological polar surface area (TPSA) is 64.9 Å². The molecule has 0 bridgehead atoms. The van der Waals surface area contributed by atoms with Crippen LogP contribution in [-0.2, 0) is 6.42 Å². The standard InChI is InChI=1S/C14H17ClFN3O/c1-3-10(8(2)17)14-18-12(19-20-14)7-9-5-4-6-11(15)13(9)16/h4-6,8,10H,3,7,17H2,1-2H3. The number of rotatable bonds is 5. The van der Waals surface area contributed by atoms with Gasteiger partial charge in [0.1, 0.15) is 5.82 Å². The van der Waals surface area contributed by atoms with Gasteiger partial charge in [0.25, 0.3) is 0 Å². The van der Waals surface area contributed by atoms with Gasteiger partial charge in [-0.1, -0.05) is 35.8 Å². The molecule has 0 aliphatic heterocycles. The zero-order valence-corrected chi connectivity index (χ0v) is 12.2. The van der Waals surface area contributed by atoms with Gasteiger partial charge in [0.15, 0.2) is 5.82 Å². The van der Waals surface area contributed by atoms with Crippen LogP contribution >= 0.6 is 11.6 Å². The molecule has 0 spiro atoms. The van der Waals surface area contributed by atoms with Gasteiger partial charge in [0, 0.05) is 12.5 Å². The number of nitrogens with zero attached hydrogens (tertiary/aromatic N) is 2. The molecule has 2 unspecified atom stereocenters. The Kier molecular flexibility index (Phi) is 4.73. The third kappa shape index (κ3) is 3.16. The minimum absolute atomic E-state index is 0.0143. The van der Waals surface area contributed by atoms with Gasteiger partial charge in [0.05, 0.1) is 10.9 Å². The van der Waals surface area contributed by atoms with Crippen molar-refractivity contribution in [2.24, 2.45) is 5.73 Å². The largest absolute Gasteiger partial charge is 0.339 e. The van der Waals surface area contributed by atoms with Gasteiger partial charge in [-0.05, 0) is 25.0 Å². The third-order valence-electron chi connectivity index (χ3n) is 3.26. The van der Waals surface area contributed by atoms with Gasteiger partial charge in [0.2, 0.25) is 5.89 Å². The Balaban J connectivity index is 2.19. The fourth-order valence-electron chi connectivity index (χ4n) is 2.12. The van der Waals surface area contributed by atoms with Crippen LogP contribution in [0, 0.1) is 5.82 Å². The Morgan fingerprint density at radius 3 is 2.85 bits per heavy atom. The lowest BCUT2D eigenvalue weighted by Gasteiger charge is -2.13. The molecule has 108 valence electrons. The number of hydrogen-bond donors (Lipinski definition) is 1. The summed E-state index contributed by atoms with van der Waals surface area (Å²) in [7, 11) is 0. The quantitative estimate of drug-likeness (QED) is 0.919. The Morgan fingerprint density at radius 1 is 1.45 bits per heavy atom. The summed E-state index contributed by atoms with van der Waals surface area (Å²) in [5.41, 5.74) is 6.32. The lowest BCUT2D eigenvalue weighted by Crippen LogP contribution is -2.24. The molecule has 0 fully saturated rings. The van der Waals surface area contributed by atoms with Crippen molar-refractivity contribution in [3.63, 3.8) is 0 Å². The van der Waals surface area contributed by atoms with Crippen LogP contribution in [0.4, 0.5) is 4.39 Å². The molecule has 2 N–H and O–H groups in total. The van der Waals surface area contributed by atoms with Gasteiger partial charge in [-0.3, -0.25) is 0 Å². The van der Waals surface area contributed by atoms with E-state index >= 15 is 0 Å². The van der Waals surface area contributed by atoms with Crippen molar-refractivity contribution in [1.29, 1.82) is 0 Å². The van der Waals surface area contributed by atoms with Gasteiger partial charge in [-0.2, -0.15) is 4.98 Å². The highest BCUT2D eigenvalue weighted by Gasteiger charge is 2.21. The van der Waals surface area contributed by atoms with E-state index < -0.39 is 5.82 Å². The summed E-state index contributed by atoms with van der Waals surface area (Å²) in [5, 5.41) is 3.97. The first-order valence-electron chi connectivity index (χ1n) is 6.53. The van der Waals surface area contributed by atoms with Crippen LogP contribution in [0.25, 0.3) is 0 Å². The molecule has 1 aromatic carbocycles. The van der Waals surface area contributed by atoms with E-state index in [0.717, 1.165) is 6.42 Å². The number of nitrogens with two attached hydrogens (primary N) is 1. The molecule has 4 nitrogen and oxygen atoms in total. The molecule has 6 heteroatoms.